The van der Waals surface area contributed by atoms with E-state index in [0.29, 0.717) is 31.0 Å². The molecule has 36 heavy (non-hydrogen) atoms. The number of carbonyl (C=O) groups excluding carboxylic acids is 1. The third-order valence-electron chi connectivity index (χ3n) is 5.33. The molecule has 0 spiro atoms. The van der Waals surface area contributed by atoms with Crippen molar-refractivity contribution in [3.05, 3.63) is 88.2 Å². The highest BCUT2D eigenvalue weighted by Gasteiger charge is 2.38. The summed E-state index contributed by atoms with van der Waals surface area (Å²) >= 11 is 5.90. The van der Waals surface area contributed by atoms with Gasteiger partial charge >= 0.3 is 12.1 Å². The molecule has 0 aliphatic carbocycles. The lowest BCUT2D eigenvalue weighted by Crippen LogP contribution is -2.32. The molecule has 1 unspecified atom stereocenters. The Morgan fingerprint density at radius 3 is 2.42 bits per heavy atom. The number of halogens is 4. The zero-order valence-corrected chi connectivity index (χ0v) is 19.9. The van der Waals surface area contributed by atoms with E-state index in [9.17, 15) is 18.0 Å². The maximum absolute atomic E-state index is 12.3. The number of ether oxygens (including phenoxy) is 1. The molecule has 11 heteroatoms. The molecule has 3 aromatic rings. The van der Waals surface area contributed by atoms with E-state index < -0.39 is 12.1 Å². The second kappa shape index (κ2) is 12.5. The minimum atomic E-state index is -5.08. The molecular weight excluding hydrogens is 499 g/mol. The number of aromatic nitrogens is 2. The van der Waals surface area contributed by atoms with Gasteiger partial charge in [-0.25, -0.2) is 4.79 Å². The predicted molar refractivity (Wildman–Crippen MR) is 127 cm³/mol. The number of alkyl halides is 3. The molecule has 0 radical (unpaired) electrons. The number of benzene rings is 2. The summed E-state index contributed by atoms with van der Waals surface area (Å²) in [5.74, 6) is -2.74. The lowest BCUT2D eigenvalue weighted by atomic mass is 10.1. The first-order chi connectivity index (χ1) is 17.1. The highest BCUT2D eigenvalue weighted by Crippen LogP contribution is 2.25. The highest BCUT2D eigenvalue weighted by atomic mass is 35.5. The minimum absolute atomic E-state index is 0.0133. The normalized spacial score (nSPS) is 14.8. The van der Waals surface area contributed by atoms with Crippen molar-refractivity contribution < 1.29 is 32.6 Å². The number of fused-ring (bicyclic) bond motifs is 1. The number of aryl methyl sites for hydroxylation is 1. The van der Waals surface area contributed by atoms with Crippen LogP contribution in [-0.4, -0.2) is 46.1 Å². The van der Waals surface area contributed by atoms with Gasteiger partial charge in [-0.2, -0.15) is 18.3 Å². The lowest BCUT2D eigenvalue weighted by Gasteiger charge is -2.22. The van der Waals surface area contributed by atoms with Crippen molar-refractivity contribution >= 4 is 23.5 Å². The van der Waals surface area contributed by atoms with Crippen LogP contribution in [0.25, 0.3) is 0 Å². The van der Waals surface area contributed by atoms with Crippen LogP contribution in [0.3, 0.4) is 0 Å². The molecule has 1 amide bonds. The second-order valence-corrected chi connectivity index (χ2v) is 8.50. The zero-order valence-electron chi connectivity index (χ0n) is 19.2. The van der Waals surface area contributed by atoms with Gasteiger partial charge < -0.3 is 15.2 Å². The van der Waals surface area contributed by atoms with Crippen LogP contribution in [0.2, 0.25) is 5.02 Å². The van der Waals surface area contributed by atoms with Crippen molar-refractivity contribution in [1.29, 1.82) is 0 Å². The van der Waals surface area contributed by atoms with E-state index in [2.05, 4.69) is 23.6 Å². The molecular formula is C25H25ClF3N3O4. The smallest absolute Gasteiger partial charge is 0.475 e. The second-order valence-electron chi connectivity index (χ2n) is 8.07. The lowest BCUT2D eigenvalue weighted by molar-refractivity contribution is -0.192. The summed E-state index contributed by atoms with van der Waals surface area (Å²) in [4.78, 5) is 21.2. The van der Waals surface area contributed by atoms with Gasteiger partial charge in [-0.1, -0.05) is 54.1 Å². The Kier molecular flexibility index (Phi) is 9.49. The quantitative estimate of drug-likeness (QED) is 0.473. The molecule has 1 aliphatic heterocycles. The number of rotatable bonds is 7. The van der Waals surface area contributed by atoms with E-state index in [-0.39, 0.29) is 12.0 Å². The predicted octanol–water partition coefficient (Wildman–Crippen LogP) is 4.58. The summed E-state index contributed by atoms with van der Waals surface area (Å²) in [5, 5.41) is 15.6. The van der Waals surface area contributed by atoms with Crippen LogP contribution in [0.15, 0.2) is 60.8 Å². The van der Waals surface area contributed by atoms with Crippen molar-refractivity contribution in [2.75, 3.05) is 13.2 Å². The fourth-order valence-electron chi connectivity index (χ4n) is 3.54. The van der Waals surface area contributed by atoms with E-state index in [4.69, 9.17) is 31.3 Å². The Morgan fingerprint density at radius 2 is 1.78 bits per heavy atom. The molecule has 4 rings (SSSR count). The number of hydrogen-bond acceptors (Lipinski definition) is 4. The Morgan fingerprint density at radius 1 is 1.11 bits per heavy atom. The summed E-state index contributed by atoms with van der Waals surface area (Å²) < 4.78 is 39.6. The minimum Gasteiger partial charge on any atom is -0.475 e. The molecule has 192 valence electrons. The highest BCUT2D eigenvalue weighted by molar-refractivity contribution is 6.30. The molecule has 0 bridgehead atoms. The van der Waals surface area contributed by atoms with E-state index >= 15 is 0 Å². The number of carbonyl (C=O) groups is 2. The number of amides is 1. The van der Waals surface area contributed by atoms with Crippen LogP contribution in [-0.2, 0) is 33.7 Å². The maximum Gasteiger partial charge on any atom is 0.490 e. The maximum atomic E-state index is 12.3. The first kappa shape index (κ1) is 27.2. The van der Waals surface area contributed by atoms with Crippen LogP contribution in [0.1, 0.15) is 34.9 Å². The topological polar surface area (TPSA) is 93.5 Å². The van der Waals surface area contributed by atoms with Gasteiger partial charge in [0.1, 0.15) is 6.10 Å². The molecule has 2 heterocycles. The Bertz CT molecular complexity index is 1150. The number of aliphatic carboxylic acids is 1. The summed E-state index contributed by atoms with van der Waals surface area (Å²) in [6.07, 6.45) is -1.21. The first-order valence-electron chi connectivity index (χ1n) is 11.1. The van der Waals surface area contributed by atoms with Gasteiger partial charge in [-0.15, -0.1) is 0 Å². The number of nitrogens with zero attached hydrogens (tertiary/aromatic N) is 2. The standard InChI is InChI=1S/C23H24ClN3O2.C2HF3O2/c24-20-9-6-17(7-10-20)8-11-22(28)25-14-21-23-19(12-13-29-21)16-27(26-23)15-18-4-2-1-3-5-18;3-2(4,5)1(6)7/h1-7,9-10,16,21H,8,11-15H2,(H,25,28);(H,6,7). The van der Waals surface area contributed by atoms with E-state index in [1.165, 1.54) is 11.1 Å². The fourth-order valence-corrected chi connectivity index (χ4v) is 3.67. The van der Waals surface area contributed by atoms with Gasteiger partial charge in [0.2, 0.25) is 5.91 Å². The van der Waals surface area contributed by atoms with Crippen LogP contribution < -0.4 is 5.32 Å². The van der Waals surface area contributed by atoms with Crippen molar-refractivity contribution in [2.24, 2.45) is 0 Å². The summed E-state index contributed by atoms with van der Waals surface area (Å²) in [6, 6.07) is 17.9. The third kappa shape index (κ3) is 8.39. The molecule has 1 aromatic heterocycles. The number of carboxylic acids is 1. The monoisotopic (exact) mass is 523 g/mol. The number of hydrogen-bond donors (Lipinski definition) is 2. The number of nitrogens with one attached hydrogen (secondary N) is 1. The zero-order chi connectivity index (χ0) is 26.1. The molecule has 7 nitrogen and oxygen atoms in total. The average Bonchev–Trinajstić information content (AvgIpc) is 3.26. The van der Waals surface area contributed by atoms with Crippen molar-refractivity contribution in [1.82, 2.24) is 15.1 Å². The van der Waals surface area contributed by atoms with Crippen LogP contribution in [0.4, 0.5) is 13.2 Å². The van der Waals surface area contributed by atoms with Gasteiger partial charge in [-0.05, 0) is 41.7 Å². The van der Waals surface area contributed by atoms with Crippen molar-refractivity contribution in [2.45, 2.75) is 38.1 Å². The third-order valence-corrected chi connectivity index (χ3v) is 5.59. The summed E-state index contributed by atoms with van der Waals surface area (Å²) in [5.41, 5.74) is 4.44. The molecule has 0 fully saturated rings. The Hall–Kier alpha value is -3.37. The largest absolute Gasteiger partial charge is 0.490 e. The fraction of sp³-hybridized carbons (Fsp3) is 0.320. The SMILES string of the molecule is O=C(CCc1ccc(Cl)cc1)NCC1OCCc2cn(Cc3ccccc3)nc21.O=C(O)C(F)(F)F. The molecule has 0 saturated heterocycles. The summed E-state index contributed by atoms with van der Waals surface area (Å²) in [6.45, 7) is 1.82. The molecule has 0 saturated carbocycles. The van der Waals surface area contributed by atoms with Gasteiger partial charge in [-0.3, -0.25) is 9.48 Å². The van der Waals surface area contributed by atoms with E-state index in [1.807, 2.05) is 47.1 Å². The average molecular weight is 524 g/mol. The van der Waals surface area contributed by atoms with E-state index in [1.54, 1.807) is 0 Å². The number of carboxylic acid groups (broad SMARTS) is 1. The molecule has 2 aromatic carbocycles. The Balaban J connectivity index is 0.000000454. The van der Waals surface area contributed by atoms with Crippen molar-refractivity contribution in [3.8, 4) is 0 Å². The van der Waals surface area contributed by atoms with Gasteiger partial charge in [0.25, 0.3) is 0 Å². The molecule has 2 N–H and O–H groups in total. The summed E-state index contributed by atoms with van der Waals surface area (Å²) in [7, 11) is 0. The van der Waals surface area contributed by atoms with Crippen LogP contribution in [0.5, 0.6) is 0 Å². The van der Waals surface area contributed by atoms with Gasteiger partial charge in [0, 0.05) is 24.2 Å². The van der Waals surface area contributed by atoms with Crippen LogP contribution in [0, 0.1) is 0 Å². The van der Waals surface area contributed by atoms with Crippen molar-refractivity contribution in [3.63, 3.8) is 0 Å². The Labute approximate surface area is 210 Å². The van der Waals surface area contributed by atoms with Crippen LogP contribution >= 0.6 is 11.6 Å². The van der Waals surface area contributed by atoms with Gasteiger partial charge in [0.05, 0.1) is 18.8 Å². The van der Waals surface area contributed by atoms with E-state index in [0.717, 1.165) is 24.2 Å². The molecule has 1 aliphatic rings. The van der Waals surface area contributed by atoms with Gasteiger partial charge in [0.15, 0.2) is 0 Å². The molecule has 1 atom stereocenters. The first-order valence-corrected chi connectivity index (χ1v) is 11.5.